The molecule has 1 aromatic carbocycles. The van der Waals surface area contributed by atoms with E-state index in [4.69, 9.17) is 11.6 Å². The molecule has 1 aliphatic heterocycles. The normalized spacial score (nSPS) is 16.1. The molecule has 2 rings (SSSR count). The summed E-state index contributed by atoms with van der Waals surface area (Å²) in [5, 5.41) is 3.44. The highest BCUT2D eigenvalue weighted by molar-refractivity contribution is 6.30. The largest absolute Gasteiger partial charge is 0.347 e. The number of hydrogen-bond donors (Lipinski definition) is 1. The first-order valence-electron chi connectivity index (χ1n) is 8.27. The Bertz CT molecular complexity index is 578. The summed E-state index contributed by atoms with van der Waals surface area (Å²) in [6.07, 6.45) is 0.324. The first-order valence-corrected chi connectivity index (χ1v) is 8.65. The fraction of sp³-hybridized carbons (Fsp3) is 0.556. The monoisotopic (exact) mass is 351 g/mol. The molecule has 1 heterocycles. The molecule has 1 saturated heterocycles. The Kier molecular flexibility index (Phi) is 6.24. The van der Waals surface area contributed by atoms with Crippen molar-refractivity contribution in [3.63, 3.8) is 0 Å². The molecule has 1 N–H and O–H groups in total. The van der Waals surface area contributed by atoms with E-state index in [-0.39, 0.29) is 23.8 Å². The number of hydrogen-bond acceptors (Lipinski definition) is 3. The third kappa shape index (κ3) is 5.21. The number of amides is 2. The molecule has 1 aliphatic rings. The molecule has 0 spiro atoms. The van der Waals surface area contributed by atoms with Gasteiger partial charge < -0.3 is 15.1 Å². The number of nitrogens with one attached hydrogen (secondary N) is 1. The average molecular weight is 352 g/mol. The first-order chi connectivity index (χ1) is 11.3. The zero-order valence-electron chi connectivity index (χ0n) is 14.6. The molecule has 0 unspecified atom stereocenters. The van der Waals surface area contributed by atoms with Crippen molar-refractivity contribution in [1.29, 1.82) is 0 Å². The standard InChI is InChI=1S/C18H26ClN3O2/c1-18(2,14-4-6-15(19)7-5-14)12-16(23)20-13-17(24)22-10-8-21(3)9-11-22/h4-7H,8-13H2,1-3H3,(H,20,23). The van der Waals surface area contributed by atoms with Crippen molar-refractivity contribution in [3.8, 4) is 0 Å². The first kappa shape index (κ1) is 18.7. The van der Waals surface area contributed by atoms with E-state index in [0.29, 0.717) is 11.4 Å². The van der Waals surface area contributed by atoms with Crippen LogP contribution in [0.1, 0.15) is 25.8 Å². The van der Waals surface area contributed by atoms with Crippen LogP contribution in [0.2, 0.25) is 5.02 Å². The highest BCUT2D eigenvalue weighted by Crippen LogP contribution is 2.27. The Balaban J connectivity index is 1.82. The van der Waals surface area contributed by atoms with E-state index in [1.807, 2.05) is 50.1 Å². The van der Waals surface area contributed by atoms with E-state index in [2.05, 4.69) is 10.2 Å². The number of rotatable bonds is 5. The van der Waals surface area contributed by atoms with Crippen molar-refractivity contribution < 1.29 is 9.59 Å². The van der Waals surface area contributed by atoms with Gasteiger partial charge in [0.25, 0.3) is 0 Å². The minimum Gasteiger partial charge on any atom is -0.347 e. The maximum Gasteiger partial charge on any atom is 0.242 e. The predicted molar refractivity (Wildman–Crippen MR) is 96.2 cm³/mol. The molecule has 6 heteroatoms. The number of carbonyl (C=O) groups excluding carboxylic acids is 2. The second-order valence-corrected chi connectivity index (χ2v) is 7.46. The SMILES string of the molecule is CN1CCN(C(=O)CNC(=O)CC(C)(C)c2ccc(Cl)cc2)CC1. The predicted octanol–water partition coefficient (Wildman–Crippen LogP) is 1.90. The van der Waals surface area contributed by atoms with Crippen LogP contribution in [0.3, 0.4) is 0 Å². The van der Waals surface area contributed by atoms with Crippen LogP contribution in [0, 0.1) is 0 Å². The molecule has 1 aromatic rings. The number of halogens is 1. The maximum atomic E-state index is 12.2. The Labute approximate surface area is 149 Å². The molecule has 0 aromatic heterocycles. The highest BCUT2D eigenvalue weighted by atomic mass is 35.5. The number of carbonyl (C=O) groups is 2. The van der Waals surface area contributed by atoms with E-state index in [1.54, 1.807) is 0 Å². The van der Waals surface area contributed by atoms with Crippen LogP contribution in [-0.2, 0) is 15.0 Å². The lowest BCUT2D eigenvalue weighted by Gasteiger charge is -2.32. The number of nitrogens with zero attached hydrogens (tertiary/aromatic N) is 2. The molecule has 0 aliphatic carbocycles. The van der Waals surface area contributed by atoms with Crippen molar-refractivity contribution in [2.75, 3.05) is 39.8 Å². The fourth-order valence-electron chi connectivity index (χ4n) is 2.81. The second-order valence-electron chi connectivity index (χ2n) is 7.03. The molecule has 5 nitrogen and oxygen atoms in total. The summed E-state index contributed by atoms with van der Waals surface area (Å²) < 4.78 is 0. The number of benzene rings is 1. The lowest BCUT2D eigenvalue weighted by atomic mass is 9.81. The van der Waals surface area contributed by atoms with Crippen molar-refractivity contribution in [2.24, 2.45) is 0 Å². The molecule has 0 saturated carbocycles. The van der Waals surface area contributed by atoms with Crippen LogP contribution < -0.4 is 5.32 Å². The van der Waals surface area contributed by atoms with E-state index >= 15 is 0 Å². The van der Waals surface area contributed by atoms with Gasteiger partial charge in [0.15, 0.2) is 0 Å². The second kappa shape index (κ2) is 7.99. The van der Waals surface area contributed by atoms with Gasteiger partial charge in [-0.1, -0.05) is 37.6 Å². The van der Waals surface area contributed by atoms with Gasteiger partial charge in [0.1, 0.15) is 0 Å². The van der Waals surface area contributed by atoms with Crippen LogP contribution in [0.5, 0.6) is 0 Å². The molecular formula is C18H26ClN3O2. The highest BCUT2D eigenvalue weighted by Gasteiger charge is 2.25. The van der Waals surface area contributed by atoms with Crippen LogP contribution in [0.25, 0.3) is 0 Å². The smallest absolute Gasteiger partial charge is 0.242 e. The molecule has 132 valence electrons. The maximum absolute atomic E-state index is 12.2. The van der Waals surface area contributed by atoms with Gasteiger partial charge in [-0.15, -0.1) is 0 Å². The van der Waals surface area contributed by atoms with Crippen molar-refractivity contribution in [1.82, 2.24) is 15.1 Å². The van der Waals surface area contributed by atoms with Gasteiger partial charge in [-0.2, -0.15) is 0 Å². The number of likely N-dealkylation sites (N-methyl/N-ethyl adjacent to an activating group) is 1. The summed E-state index contributed by atoms with van der Waals surface area (Å²) in [6.45, 7) is 7.30. The van der Waals surface area contributed by atoms with Gasteiger partial charge in [0.05, 0.1) is 6.54 Å². The molecule has 24 heavy (non-hydrogen) atoms. The van der Waals surface area contributed by atoms with Gasteiger partial charge in [0, 0.05) is 37.6 Å². The Hall–Kier alpha value is -1.59. The minimum absolute atomic E-state index is 0.0132. The summed E-state index contributed by atoms with van der Waals surface area (Å²) in [5.41, 5.74) is 0.735. The average Bonchev–Trinajstić information content (AvgIpc) is 2.53. The van der Waals surface area contributed by atoms with Crippen LogP contribution in [0.4, 0.5) is 0 Å². The zero-order chi connectivity index (χ0) is 17.7. The summed E-state index contributed by atoms with van der Waals surface area (Å²) in [7, 11) is 2.04. The van der Waals surface area contributed by atoms with E-state index in [1.165, 1.54) is 0 Å². The lowest BCUT2D eigenvalue weighted by molar-refractivity contribution is -0.134. The molecular weight excluding hydrogens is 326 g/mol. The summed E-state index contributed by atoms with van der Waals surface area (Å²) in [6, 6.07) is 7.52. The van der Waals surface area contributed by atoms with Gasteiger partial charge >= 0.3 is 0 Å². The van der Waals surface area contributed by atoms with Crippen LogP contribution >= 0.6 is 11.6 Å². The van der Waals surface area contributed by atoms with Gasteiger partial charge in [0.2, 0.25) is 11.8 Å². The van der Waals surface area contributed by atoms with Crippen molar-refractivity contribution in [3.05, 3.63) is 34.9 Å². The summed E-state index contributed by atoms with van der Waals surface area (Å²) in [5.74, 6) is -0.127. The summed E-state index contributed by atoms with van der Waals surface area (Å²) >= 11 is 5.91. The van der Waals surface area contributed by atoms with E-state index < -0.39 is 0 Å². The van der Waals surface area contributed by atoms with Crippen molar-refractivity contribution >= 4 is 23.4 Å². The molecule has 0 radical (unpaired) electrons. The van der Waals surface area contributed by atoms with Gasteiger partial charge in [-0.25, -0.2) is 0 Å². The topological polar surface area (TPSA) is 52.6 Å². The van der Waals surface area contributed by atoms with Crippen LogP contribution in [-0.4, -0.2) is 61.4 Å². The lowest BCUT2D eigenvalue weighted by Crippen LogP contribution is -2.50. The van der Waals surface area contributed by atoms with Crippen LogP contribution in [0.15, 0.2) is 24.3 Å². The third-order valence-electron chi connectivity index (χ3n) is 4.52. The minimum atomic E-state index is -0.314. The Morgan fingerprint density at radius 2 is 1.71 bits per heavy atom. The van der Waals surface area contributed by atoms with E-state index in [9.17, 15) is 9.59 Å². The quantitative estimate of drug-likeness (QED) is 0.881. The molecule has 0 bridgehead atoms. The summed E-state index contributed by atoms with van der Waals surface area (Å²) in [4.78, 5) is 28.4. The molecule has 0 atom stereocenters. The Morgan fingerprint density at radius 3 is 2.29 bits per heavy atom. The molecule has 1 fully saturated rings. The number of piperazine rings is 1. The van der Waals surface area contributed by atoms with E-state index in [0.717, 1.165) is 31.7 Å². The fourth-order valence-corrected chi connectivity index (χ4v) is 2.93. The Morgan fingerprint density at radius 1 is 1.12 bits per heavy atom. The van der Waals surface area contributed by atoms with Gasteiger partial charge in [-0.3, -0.25) is 9.59 Å². The molecule has 2 amide bonds. The van der Waals surface area contributed by atoms with Crippen molar-refractivity contribution in [2.45, 2.75) is 25.7 Å². The third-order valence-corrected chi connectivity index (χ3v) is 4.77. The van der Waals surface area contributed by atoms with Gasteiger partial charge in [-0.05, 0) is 30.2 Å². The zero-order valence-corrected chi connectivity index (χ0v) is 15.4.